The summed E-state index contributed by atoms with van der Waals surface area (Å²) in [5.41, 5.74) is 0. The van der Waals surface area contributed by atoms with Gasteiger partial charge in [-0.1, -0.05) is 13.8 Å². The van der Waals surface area contributed by atoms with Gasteiger partial charge < -0.3 is 14.6 Å². The summed E-state index contributed by atoms with van der Waals surface area (Å²) in [6.45, 7) is 3.61. The van der Waals surface area contributed by atoms with Crippen molar-refractivity contribution in [1.29, 1.82) is 0 Å². The Labute approximate surface area is 72.5 Å². The van der Waals surface area contributed by atoms with Crippen LogP contribution in [0.4, 0.5) is 0 Å². The molecule has 72 valence electrons. The maximum Gasteiger partial charge on any atom is 0.337 e. The van der Waals surface area contributed by atoms with Crippen molar-refractivity contribution in [2.45, 2.75) is 26.1 Å². The minimum Gasteiger partial charge on any atom is -0.467 e. The Morgan fingerprint density at radius 2 is 1.83 bits per heavy atom. The first-order valence-electron chi connectivity index (χ1n) is 3.83. The highest BCUT2D eigenvalue weighted by Gasteiger charge is 2.29. The lowest BCUT2D eigenvalue weighted by Crippen LogP contribution is -2.39. The van der Waals surface area contributed by atoms with Crippen LogP contribution >= 0.6 is 0 Å². The maximum atomic E-state index is 11.0. The zero-order chi connectivity index (χ0) is 9.72. The van der Waals surface area contributed by atoms with Gasteiger partial charge in [-0.15, -0.1) is 0 Å². The van der Waals surface area contributed by atoms with Crippen molar-refractivity contribution >= 4 is 5.97 Å². The predicted molar refractivity (Wildman–Crippen MR) is 43.7 cm³/mol. The van der Waals surface area contributed by atoms with Gasteiger partial charge in [0, 0.05) is 7.11 Å². The molecule has 0 aromatic rings. The lowest BCUT2D eigenvalue weighted by atomic mass is 10.0. The van der Waals surface area contributed by atoms with E-state index in [1.165, 1.54) is 14.2 Å². The average molecular weight is 176 g/mol. The van der Waals surface area contributed by atoms with E-state index in [0.717, 1.165) is 0 Å². The van der Waals surface area contributed by atoms with Crippen LogP contribution in [0.5, 0.6) is 0 Å². The molecule has 0 radical (unpaired) electrons. The topological polar surface area (TPSA) is 55.8 Å². The summed E-state index contributed by atoms with van der Waals surface area (Å²) in [4.78, 5) is 11.0. The molecule has 4 nitrogen and oxygen atoms in total. The van der Waals surface area contributed by atoms with Gasteiger partial charge in [-0.05, 0) is 5.92 Å². The van der Waals surface area contributed by atoms with Crippen molar-refractivity contribution < 1.29 is 19.4 Å². The van der Waals surface area contributed by atoms with Crippen LogP contribution in [0.25, 0.3) is 0 Å². The van der Waals surface area contributed by atoms with E-state index in [1.54, 1.807) is 13.8 Å². The molecule has 0 aliphatic carbocycles. The number of carbonyl (C=O) groups excluding carboxylic acids is 1. The summed E-state index contributed by atoms with van der Waals surface area (Å²) in [7, 11) is 2.63. The van der Waals surface area contributed by atoms with Gasteiger partial charge in [0.25, 0.3) is 0 Å². The number of methoxy groups -OCH3 is 2. The molecule has 0 fully saturated rings. The van der Waals surface area contributed by atoms with Crippen molar-refractivity contribution in [3.63, 3.8) is 0 Å². The Morgan fingerprint density at radius 1 is 1.33 bits per heavy atom. The molecule has 0 spiro atoms. The number of rotatable bonds is 4. The summed E-state index contributed by atoms with van der Waals surface area (Å²) in [6, 6.07) is 0. The van der Waals surface area contributed by atoms with Gasteiger partial charge in [0.1, 0.15) is 0 Å². The molecule has 0 saturated heterocycles. The second kappa shape index (κ2) is 5.11. The second-order valence-electron chi connectivity index (χ2n) is 2.91. The SMILES string of the molecule is COC(=O)[C@H](OC)[C@H](O)C(C)C. The number of ether oxygens (including phenoxy) is 2. The fourth-order valence-electron chi connectivity index (χ4n) is 0.841. The standard InChI is InChI=1S/C8H16O4/c1-5(2)6(9)7(11-3)8(10)12-4/h5-7,9H,1-4H3/t6-,7-/m1/s1. The van der Waals surface area contributed by atoms with E-state index in [1.807, 2.05) is 0 Å². The molecule has 2 atom stereocenters. The van der Waals surface area contributed by atoms with Crippen LogP contribution in [0.2, 0.25) is 0 Å². The summed E-state index contributed by atoms with van der Waals surface area (Å²) in [5, 5.41) is 9.46. The minimum absolute atomic E-state index is 0.0333. The van der Waals surface area contributed by atoms with Crippen molar-refractivity contribution in [3.05, 3.63) is 0 Å². The fraction of sp³-hybridized carbons (Fsp3) is 0.875. The summed E-state index contributed by atoms with van der Waals surface area (Å²) >= 11 is 0. The number of hydrogen-bond donors (Lipinski definition) is 1. The number of esters is 1. The van der Waals surface area contributed by atoms with Crippen molar-refractivity contribution in [3.8, 4) is 0 Å². The molecule has 0 aliphatic rings. The molecule has 0 saturated carbocycles. The fourth-order valence-corrected chi connectivity index (χ4v) is 0.841. The van der Waals surface area contributed by atoms with Crippen molar-refractivity contribution in [1.82, 2.24) is 0 Å². The summed E-state index contributed by atoms with van der Waals surface area (Å²) in [5.74, 6) is -0.576. The highest BCUT2D eigenvalue weighted by molar-refractivity contribution is 5.75. The van der Waals surface area contributed by atoms with Gasteiger partial charge in [-0.2, -0.15) is 0 Å². The molecule has 0 unspecified atom stereocenters. The van der Waals surface area contributed by atoms with Crippen LogP contribution in [-0.2, 0) is 14.3 Å². The summed E-state index contributed by atoms with van der Waals surface area (Å²) in [6.07, 6.45) is -1.70. The third-order valence-corrected chi connectivity index (χ3v) is 1.68. The highest BCUT2D eigenvalue weighted by atomic mass is 16.6. The first-order valence-corrected chi connectivity index (χ1v) is 3.83. The van der Waals surface area contributed by atoms with Crippen LogP contribution < -0.4 is 0 Å². The molecule has 0 aromatic heterocycles. The largest absolute Gasteiger partial charge is 0.467 e. The average Bonchev–Trinajstić information content (AvgIpc) is 2.05. The number of aliphatic hydroxyl groups excluding tert-OH is 1. The van der Waals surface area contributed by atoms with E-state index in [9.17, 15) is 9.90 Å². The number of hydrogen-bond acceptors (Lipinski definition) is 4. The Balaban J connectivity index is 4.23. The van der Waals surface area contributed by atoms with E-state index in [4.69, 9.17) is 4.74 Å². The normalized spacial score (nSPS) is 15.8. The Bertz CT molecular complexity index is 144. The lowest BCUT2D eigenvalue weighted by molar-refractivity contribution is -0.161. The van der Waals surface area contributed by atoms with Gasteiger partial charge >= 0.3 is 5.97 Å². The van der Waals surface area contributed by atoms with E-state index >= 15 is 0 Å². The smallest absolute Gasteiger partial charge is 0.337 e. The Kier molecular flexibility index (Phi) is 4.85. The molecule has 0 bridgehead atoms. The quantitative estimate of drug-likeness (QED) is 0.621. The molecule has 0 amide bonds. The van der Waals surface area contributed by atoms with Crippen molar-refractivity contribution in [2.75, 3.05) is 14.2 Å². The molecule has 1 N–H and O–H groups in total. The molecular weight excluding hydrogens is 160 g/mol. The third-order valence-electron chi connectivity index (χ3n) is 1.68. The Hall–Kier alpha value is -0.610. The first-order chi connectivity index (χ1) is 5.54. The van der Waals surface area contributed by atoms with Crippen LogP contribution in [-0.4, -0.2) is 37.5 Å². The Morgan fingerprint density at radius 3 is 2.08 bits per heavy atom. The van der Waals surface area contributed by atoms with E-state index in [0.29, 0.717) is 0 Å². The van der Waals surface area contributed by atoms with E-state index in [2.05, 4.69) is 4.74 Å². The zero-order valence-electron chi connectivity index (χ0n) is 7.90. The molecule has 0 heterocycles. The third kappa shape index (κ3) is 2.79. The van der Waals surface area contributed by atoms with Gasteiger partial charge in [-0.3, -0.25) is 0 Å². The molecule has 4 heteroatoms. The van der Waals surface area contributed by atoms with Gasteiger partial charge in [0.15, 0.2) is 6.10 Å². The van der Waals surface area contributed by atoms with Gasteiger partial charge in [0.2, 0.25) is 0 Å². The predicted octanol–water partition coefficient (Wildman–Crippen LogP) is 0.191. The zero-order valence-corrected chi connectivity index (χ0v) is 7.90. The van der Waals surface area contributed by atoms with Crippen LogP contribution in [0.3, 0.4) is 0 Å². The molecule has 0 aromatic carbocycles. The molecule has 12 heavy (non-hydrogen) atoms. The molecule has 0 aliphatic heterocycles. The number of aliphatic hydroxyl groups is 1. The first kappa shape index (κ1) is 11.4. The van der Waals surface area contributed by atoms with Gasteiger partial charge in [0.05, 0.1) is 13.2 Å². The van der Waals surface area contributed by atoms with Crippen LogP contribution in [0.1, 0.15) is 13.8 Å². The van der Waals surface area contributed by atoms with Crippen LogP contribution in [0.15, 0.2) is 0 Å². The highest BCUT2D eigenvalue weighted by Crippen LogP contribution is 2.10. The molecule has 0 rings (SSSR count). The van der Waals surface area contributed by atoms with Gasteiger partial charge in [-0.25, -0.2) is 4.79 Å². The van der Waals surface area contributed by atoms with E-state index < -0.39 is 18.2 Å². The summed E-state index contributed by atoms with van der Waals surface area (Å²) < 4.78 is 9.25. The second-order valence-corrected chi connectivity index (χ2v) is 2.91. The molecular formula is C8H16O4. The van der Waals surface area contributed by atoms with E-state index in [-0.39, 0.29) is 5.92 Å². The van der Waals surface area contributed by atoms with Crippen molar-refractivity contribution in [2.24, 2.45) is 5.92 Å². The minimum atomic E-state index is -0.880. The maximum absolute atomic E-state index is 11.0. The van der Waals surface area contributed by atoms with Crippen LogP contribution in [0, 0.1) is 5.92 Å². The lowest BCUT2D eigenvalue weighted by Gasteiger charge is -2.21. The number of carbonyl (C=O) groups is 1. The monoisotopic (exact) mass is 176 g/mol.